The summed E-state index contributed by atoms with van der Waals surface area (Å²) in [6, 6.07) is 11.4. The molecule has 0 unspecified atom stereocenters. The van der Waals surface area contributed by atoms with Crippen LogP contribution in [0.15, 0.2) is 58.7 Å². The third-order valence-electron chi connectivity index (χ3n) is 4.89. The van der Waals surface area contributed by atoms with Gasteiger partial charge in [0, 0.05) is 40.8 Å². The van der Waals surface area contributed by atoms with Gasteiger partial charge in [0.2, 0.25) is 11.9 Å². The number of nitrogens with zero attached hydrogens (tertiary/aromatic N) is 4. The fourth-order valence-corrected chi connectivity index (χ4v) is 3.79. The first-order chi connectivity index (χ1) is 14.5. The Morgan fingerprint density at radius 1 is 1.27 bits per heavy atom. The van der Waals surface area contributed by atoms with Crippen LogP contribution in [0.25, 0.3) is 5.65 Å². The Morgan fingerprint density at radius 3 is 2.77 bits per heavy atom. The summed E-state index contributed by atoms with van der Waals surface area (Å²) in [6.07, 6.45) is 5.06. The summed E-state index contributed by atoms with van der Waals surface area (Å²) in [4.78, 5) is 22.2. The number of hydrogen-bond donors (Lipinski definition) is 4. The molecule has 0 spiro atoms. The zero-order valence-electron chi connectivity index (χ0n) is 16.2. The Bertz CT molecular complexity index is 1230. The lowest BCUT2D eigenvalue weighted by Crippen LogP contribution is -2.37. The normalized spacial score (nSPS) is 14.6. The van der Waals surface area contributed by atoms with Crippen molar-refractivity contribution in [2.45, 2.75) is 35.2 Å². The number of carbonyl (C=O) groups is 1. The van der Waals surface area contributed by atoms with Gasteiger partial charge in [-0.2, -0.15) is 5.10 Å². The molecule has 4 aromatic rings. The quantitative estimate of drug-likeness (QED) is 0.353. The number of fused-ring (bicyclic) bond motifs is 1. The van der Waals surface area contributed by atoms with E-state index in [-0.39, 0.29) is 5.91 Å². The number of amides is 1. The molecular formula is C20H20N8OS. The van der Waals surface area contributed by atoms with Crippen LogP contribution >= 0.6 is 11.8 Å². The van der Waals surface area contributed by atoms with Gasteiger partial charge in [0.1, 0.15) is 10.7 Å². The molecule has 1 aliphatic carbocycles. The lowest BCUT2D eigenvalue weighted by molar-refractivity contribution is -0.118. The van der Waals surface area contributed by atoms with E-state index in [0.717, 1.165) is 39.8 Å². The molecule has 0 saturated heterocycles. The number of carbonyl (C=O) groups excluding carboxylic acids is 1. The van der Waals surface area contributed by atoms with Gasteiger partial charge in [0.15, 0.2) is 5.82 Å². The van der Waals surface area contributed by atoms with E-state index in [1.165, 1.54) is 11.8 Å². The molecule has 3 heterocycles. The lowest BCUT2D eigenvalue weighted by atomic mass is 10.2. The number of imidazole rings is 1. The number of aryl methyl sites for hydroxylation is 1. The van der Waals surface area contributed by atoms with Gasteiger partial charge in [-0.1, -0.05) is 11.8 Å². The number of nitrogens with two attached hydrogens (primary N) is 1. The van der Waals surface area contributed by atoms with Crippen LogP contribution in [0.1, 0.15) is 18.5 Å². The maximum absolute atomic E-state index is 12.1. The summed E-state index contributed by atoms with van der Waals surface area (Å²) in [5, 5.41) is 14.0. The molecule has 1 amide bonds. The smallest absolute Gasteiger partial charge is 0.244 e. The van der Waals surface area contributed by atoms with E-state index < -0.39 is 5.54 Å². The number of benzene rings is 1. The first-order valence-corrected chi connectivity index (χ1v) is 10.3. The van der Waals surface area contributed by atoms with Gasteiger partial charge < -0.3 is 16.4 Å². The molecule has 5 rings (SSSR count). The van der Waals surface area contributed by atoms with Crippen LogP contribution < -0.4 is 16.4 Å². The molecule has 1 fully saturated rings. The zero-order valence-corrected chi connectivity index (χ0v) is 17.0. The van der Waals surface area contributed by atoms with Crippen molar-refractivity contribution in [2.75, 3.05) is 10.6 Å². The Kier molecular flexibility index (Phi) is 4.44. The van der Waals surface area contributed by atoms with E-state index in [0.29, 0.717) is 11.8 Å². The van der Waals surface area contributed by atoms with Crippen LogP contribution in [-0.4, -0.2) is 36.0 Å². The molecule has 1 saturated carbocycles. The van der Waals surface area contributed by atoms with Crippen LogP contribution in [-0.2, 0) is 4.79 Å². The summed E-state index contributed by atoms with van der Waals surface area (Å²) in [5.74, 6) is 1.18. The van der Waals surface area contributed by atoms with E-state index in [2.05, 4.69) is 25.8 Å². The fourth-order valence-electron chi connectivity index (χ4n) is 2.98. The number of aromatic nitrogens is 5. The van der Waals surface area contributed by atoms with E-state index in [1.807, 2.05) is 53.9 Å². The third kappa shape index (κ3) is 3.74. The molecule has 0 radical (unpaired) electrons. The summed E-state index contributed by atoms with van der Waals surface area (Å²) < 4.78 is 1.87. The van der Waals surface area contributed by atoms with E-state index in [9.17, 15) is 4.79 Å². The molecule has 1 aromatic carbocycles. The van der Waals surface area contributed by atoms with Gasteiger partial charge >= 0.3 is 0 Å². The van der Waals surface area contributed by atoms with Crippen molar-refractivity contribution in [3.8, 4) is 0 Å². The minimum absolute atomic E-state index is 0.126. The number of aromatic amines is 1. The van der Waals surface area contributed by atoms with Crippen molar-refractivity contribution in [3.05, 3.63) is 54.5 Å². The second-order valence-corrected chi connectivity index (χ2v) is 8.47. The maximum Gasteiger partial charge on any atom is 0.244 e. The standard InChI is InChI=1S/C20H20N8OS/c1-12-10-15(27-26-12)24-19-25-17(11-16-22-8-9-28(16)19)30-14-4-2-13(3-5-14)23-18(29)20(21)6-7-20/h2-5,8-11H,6-7,21H2,1H3,(H,23,29)(H2,24,25,26,27). The van der Waals surface area contributed by atoms with Crippen molar-refractivity contribution in [1.29, 1.82) is 0 Å². The highest BCUT2D eigenvalue weighted by atomic mass is 32.2. The molecule has 10 heteroatoms. The molecular weight excluding hydrogens is 400 g/mol. The van der Waals surface area contributed by atoms with Crippen molar-refractivity contribution < 1.29 is 4.79 Å². The van der Waals surface area contributed by atoms with Crippen molar-refractivity contribution in [3.63, 3.8) is 0 Å². The lowest BCUT2D eigenvalue weighted by Gasteiger charge is -2.11. The monoisotopic (exact) mass is 420 g/mol. The topological polar surface area (TPSA) is 126 Å². The van der Waals surface area contributed by atoms with Gasteiger partial charge in [0.25, 0.3) is 0 Å². The second-order valence-electron chi connectivity index (χ2n) is 7.37. The Hall–Kier alpha value is -3.37. The number of anilines is 3. The molecule has 30 heavy (non-hydrogen) atoms. The molecule has 9 nitrogen and oxygen atoms in total. The molecule has 152 valence electrons. The van der Waals surface area contributed by atoms with Crippen molar-refractivity contribution in [2.24, 2.45) is 5.73 Å². The number of nitrogens with one attached hydrogen (secondary N) is 3. The molecule has 5 N–H and O–H groups in total. The zero-order chi connectivity index (χ0) is 20.7. The third-order valence-corrected chi connectivity index (χ3v) is 5.81. The van der Waals surface area contributed by atoms with Gasteiger partial charge in [0.05, 0.1) is 5.54 Å². The first-order valence-electron chi connectivity index (χ1n) is 9.50. The van der Waals surface area contributed by atoms with Gasteiger partial charge in [-0.05, 0) is 44.0 Å². The van der Waals surface area contributed by atoms with Gasteiger partial charge in [-0.25, -0.2) is 9.97 Å². The predicted octanol–water partition coefficient (Wildman–Crippen LogP) is 3.09. The molecule has 0 aliphatic heterocycles. The molecule has 3 aromatic heterocycles. The van der Waals surface area contributed by atoms with Crippen molar-refractivity contribution in [1.82, 2.24) is 24.6 Å². The second kappa shape index (κ2) is 7.15. The highest BCUT2D eigenvalue weighted by Crippen LogP contribution is 2.34. The van der Waals surface area contributed by atoms with Crippen LogP contribution in [0, 0.1) is 6.92 Å². The van der Waals surface area contributed by atoms with E-state index in [1.54, 1.807) is 6.20 Å². The average molecular weight is 421 g/mol. The minimum atomic E-state index is -0.687. The van der Waals surface area contributed by atoms with Gasteiger partial charge in [-0.3, -0.25) is 14.3 Å². The summed E-state index contributed by atoms with van der Waals surface area (Å²) in [5.41, 5.74) is 7.71. The average Bonchev–Trinajstić information content (AvgIpc) is 3.11. The van der Waals surface area contributed by atoms with Crippen LogP contribution in [0.4, 0.5) is 17.5 Å². The maximum atomic E-state index is 12.1. The predicted molar refractivity (Wildman–Crippen MR) is 115 cm³/mol. The number of H-pyrrole nitrogens is 1. The highest BCUT2D eigenvalue weighted by molar-refractivity contribution is 7.99. The Morgan fingerprint density at radius 2 is 2.07 bits per heavy atom. The molecule has 0 atom stereocenters. The summed E-state index contributed by atoms with van der Waals surface area (Å²) in [7, 11) is 0. The SMILES string of the molecule is Cc1cc(Nc2nc(Sc3ccc(NC(=O)C4(N)CC4)cc3)cc3nccn23)n[nH]1. The summed E-state index contributed by atoms with van der Waals surface area (Å²) >= 11 is 1.51. The highest BCUT2D eigenvalue weighted by Gasteiger charge is 2.45. The summed E-state index contributed by atoms with van der Waals surface area (Å²) in [6.45, 7) is 1.94. The first kappa shape index (κ1) is 18.6. The largest absolute Gasteiger partial charge is 0.324 e. The van der Waals surface area contributed by atoms with E-state index >= 15 is 0 Å². The van der Waals surface area contributed by atoms with Crippen LogP contribution in [0.5, 0.6) is 0 Å². The Balaban J connectivity index is 1.35. The molecule has 0 bridgehead atoms. The van der Waals surface area contributed by atoms with Crippen LogP contribution in [0.2, 0.25) is 0 Å². The number of hydrogen-bond acceptors (Lipinski definition) is 7. The Labute approximate surface area is 176 Å². The fraction of sp³-hybridized carbons (Fsp3) is 0.200. The minimum Gasteiger partial charge on any atom is -0.324 e. The van der Waals surface area contributed by atoms with Crippen molar-refractivity contribution >= 4 is 40.8 Å². The molecule has 1 aliphatic rings. The number of rotatable bonds is 6. The van der Waals surface area contributed by atoms with Gasteiger partial charge in [-0.15, -0.1) is 0 Å². The van der Waals surface area contributed by atoms with Crippen LogP contribution in [0.3, 0.4) is 0 Å². The van der Waals surface area contributed by atoms with E-state index in [4.69, 9.17) is 10.7 Å².